The summed E-state index contributed by atoms with van der Waals surface area (Å²) >= 11 is 6.22. The molecule has 118 valence electrons. The minimum Gasteiger partial charge on any atom is -0.495 e. The minimum atomic E-state index is 0.535. The normalized spacial score (nSPS) is 19.7. The first kappa shape index (κ1) is 16.4. The number of anilines is 1. The van der Waals surface area contributed by atoms with Crippen LogP contribution in [0, 0.1) is 12.8 Å². The third-order valence-electron chi connectivity index (χ3n) is 4.04. The Hall–Kier alpha value is -0.930. The van der Waals surface area contributed by atoms with Crippen LogP contribution in [0.3, 0.4) is 0 Å². The Morgan fingerprint density at radius 3 is 2.86 bits per heavy atom. The van der Waals surface area contributed by atoms with Gasteiger partial charge >= 0.3 is 0 Å². The maximum atomic E-state index is 6.22. The lowest BCUT2D eigenvalue weighted by Gasteiger charge is -2.29. The average molecular weight is 311 g/mol. The smallest absolute Gasteiger partial charge is 0.143 e. The summed E-state index contributed by atoms with van der Waals surface area (Å²) in [6.45, 7) is 9.78. The van der Waals surface area contributed by atoms with Crippen molar-refractivity contribution in [1.29, 1.82) is 0 Å². The van der Waals surface area contributed by atoms with Gasteiger partial charge in [-0.3, -0.25) is 0 Å². The third-order valence-corrected chi connectivity index (χ3v) is 4.44. The van der Waals surface area contributed by atoms with E-state index in [0.717, 1.165) is 48.1 Å². The number of rotatable bonds is 4. The van der Waals surface area contributed by atoms with E-state index < -0.39 is 0 Å². The number of nitrogens with zero attached hydrogens (tertiary/aromatic N) is 1. The van der Waals surface area contributed by atoms with Crippen molar-refractivity contribution in [2.75, 3.05) is 31.6 Å². The molecule has 1 atom stereocenters. The number of nitrogens with one attached hydrogen (secondary N) is 1. The van der Waals surface area contributed by atoms with E-state index in [0.29, 0.717) is 12.0 Å². The molecule has 1 aromatic rings. The van der Waals surface area contributed by atoms with Gasteiger partial charge in [0, 0.05) is 30.2 Å². The molecule has 21 heavy (non-hydrogen) atoms. The van der Waals surface area contributed by atoms with Crippen LogP contribution >= 0.6 is 11.6 Å². The highest BCUT2D eigenvalue weighted by Crippen LogP contribution is 2.34. The molecule has 3 nitrogen and oxygen atoms in total. The topological polar surface area (TPSA) is 24.5 Å². The van der Waals surface area contributed by atoms with Crippen LogP contribution in [-0.4, -0.2) is 32.8 Å². The van der Waals surface area contributed by atoms with Crippen molar-refractivity contribution < 1.29 is 4.74 Å². The molecule has 1 fully saturated rings. The highest BCUT2D eigenvalue weighted by atomic mass is 35.5. The van der Waals surface area contributed by atoms with Crippen LogP contribution in [0.4, 0.5) is 5.69 Å². The van der Waals surface area contributed by atoms with Crippen LogP contribution in [0.15, 0.2) is 12.1 Å². The molecule has 1 heterocycles. The van der Waals surface area contributed by atoms with E-state index >= 15 is 0 Å². The second-order valence-electron chi connectivity index (χ2n) is 6.35. The fraction of sp³-hybridized carbons (Fsp3) is 0.647. The van der Waals surface area contributed by atoms with Gasteiger partial charge in [0.25, 0.3) is 0 Å². The zero-order chi connectivity index (χ0) is 15.4. The van der Waals surface area contributed by atoms with Crippen LogP contribution in [-0.2, 0) is 0 Å². The molecule has 0 aliphatic carbocycles. The van der Waals surface area contributed by atoms with Crippen LogP contribution in [0.1, 0.15) is 32.3 Å². The first-order valence-electron chi connectivity index (χ1n) is 7.83. The molecule has 4 heteroatoms. The molecule has 0 bridgehead atoms. The Morgan fingerprint density at radius 1 is 1.43 bits per heavy atom. The van der Waals surface area contributed by atoms with Crippen LogP contribution < -0.4 is 15.0 Å². The lowest BCUT2D eigenvalue weighted by Crippen LogP contribution is -2.38. The lowest BCUT2D eigenvalue weighted by molar-refractivity contribution is 0.411. The fourth-order valence-corrected chi connectivity index (χ4v) is 3.16. The second-order valence-corrected chi connectivity index (χ2v) is 6.76. The fourth-order valence-electron chi connectivity index (χ4n) is 3.00. The van der Waals surface area contributed by atoms with Crippen LogP contribution in [0.2, 0.25) is 5.02 Å². The van der Waals surface area contributed by atoms with E-state index in [1.807, 2.05) is 13.0 Å². The van der Waals surface area contributed by atoms with Crippen molar-refractivity contribution in [3.05, 3.63) is 22.7 Å². The van der Waals surface area contributed by atoms with Gasteiger partial charge < -0.3 is 15.0 Å². The molecular weight excluding hydrogens is 284 g/mol. The predicted octanol–water partition coefficient (Wildman–Crippen LogP) is 3.87. The average Bonchev–Trinajstić information content (AvgIpc) is 2.66. The van der Waals surface area contributed by atoms with Crippen molar-refractivity contribution in [1.82, 2.24) is 5.32 Å². The Kier molecular flexibility index (Phi) is 5.77. The van der Waals surface area contributed by atoms with Crippen LogP contribution in [0.5, 0.6) is 5.75 Å². The van der Waals surface area contributed by atoms with Crippen molar-refractivity contribution in [3.8, 4) is 5.75 Å². The van der Waals surface area contributed by atoms with E-state index in [1.165, 1.54) is 6.42 Å². The molecule has 1 aromatic carbocycles. The first-order valence-corrected chi connectivity index (χ1v) is 8.21. The van der Waals surface area contributed by atoms with Gasteiger partial charge in [-0.25, -0.2) is 0 Å². The minimum absolute atomic E-state index is 0.535. The van der Waals surface area contributed by atoms with Gasteiger partial charge in [0.15, 0.2) is 0 Å². The molecule has 1 aliphatic rings. The van der Waals surface area contributed by atoms with Gasteiger partial charge in [0.1, 0.15) is 5.75 Å². The number of aryl methyl sites for hydroxylation is 1. The molecule has 0 radical (unpaired) electrons. The molecule has 2 rings (SSSR count). The van der Waals surface area contributed by atoms with Gasteiger partial charge in [-0.15, -0.1) is 0 Å². The van der Waals surface area contributed by atoms with E-state index in [1.54, 1.807) is 7.11 Å². The monoisotopic (exact) mass is 310 g/mol. The highest BCUT2D eigenvalue weighted by Gasteiger charge is 2.21. The molecule has 1 saturated heterocycles. The Bertz CT molecular complexity index is 476. The first-order chi connectivity index (χ1) is 10.0. The third kappa shape index (κ3) is 4.27. The van der Waals surface area contributed by atoms with E-state index in [4.69, 9.17) is 16.3 Å². The summed E-state index contributed by atoms with van der Waals surface area (Å²) in [6.07, 6.45) is 2.35. The number of benzene rings is 1. The number of halogens is 1. The van der Waals surface area contributed by atoms with Gasteiger partial charge in [0.05, 0.1) is 12.8 Å². The predicted molar refractivity (Wildman–Crippen MR) is 90.8 cm³/mol. The molecule has 0 aromatic heterocycles. The van der Waals surface area contributed by atoms with Crippen molar-refractivity contribution in [2.24, 2.45) is 5.92 Å². The zero-order valence-electron chi connectivity index (χ0n) is 13.6. The molecule has 0 spiro atoms. The summed E-state index contributed by atoms with van der Waals surface area (Å²) < 4.78 is 5.55. The van der Waals surface area contributed by atoms with Gasteiger partial charge in [0.2, 0.25) is 0 Å². The maximum Gasteiger partial charge on any atom is 0.143 e. The summed E-state index contributed by atoms with van der Waals surface area (Å²) in [7, 11) is 1.71. The second kappa shape index (κ2) is 7.37. The van der Waals surface area contributed by atoms with Gasteiger partial charge in [-0.1, -0.05) is 25.4 Å². The van der Waals surface area contributed by atoms with Crippen LogP contribution in [0.25, 0.3) is 0 Å². The SMILES string of the molecule is COc1cc(Cl)c(C)cc1N1CCCNC(CC(C)C)C1. The molecule has 1 unspecified atom stereocenters. The molecule has 1 aliphatic heterocycles. The largest absolute Gasteiger partial charge is 0.495 e. The standard InChI is InChI=1S/C17H27ClN2O/c1-12(2)8-14-11-20(7-5-6-19-14)16-9-13(3)15(18)10-17(16)21-4/h9-10,12,14,19H,5-8,11H2,1-4H3. The number of hydrogen-bond acceptors (Lipinski definition) is 3. The highest BCUT2D eigenvalue weighted by molar-refractivity contribution is 6.31. The number of ether oxygens (including phenoxy) is 1. The Balaban J connectivity index is 2.24. The van der Waals surface area contributed by atoms with E-state index in [9.17, 15) is 0 Å². The summed E-state index contributed by atoms with van der Waals surface area (Å²) in [4.78, 5) is 2.44. The summed E-state index contributed by atoms with van der Waals surface area (Å²) in [5.74, 6) is 1.58. The maximum absolute atomic E-state index is 6.22. The van der Waals surface area contributed by atoms with E-state index in [-0.39, 0.29) is 0 Å². The lowest BCUT2D eigenvalue weighted by atomic mass is 10.0. The summed E-state index contributed by atoms with van der Waals surface area (Å²) in [5, 5.41) is 4.43. The Morgan fingerprint density at radius 2 is 2.19 bits per heavy atom. The number of methoxy groups -OCH3 is 1. The van der Waals surface area contributed by atoms with Gasteiger partial charge in [-0.2, -0.15) is 0 Å². The van der Waals surface area contributed by atoms with Crippen molar-refractivity contribution in [2.45, 2.75) is 39.7 Å². The van der Waals surface area contributed by atoms with E-state index in [2.05, 4.69) is 30.1 Å². The van der Waals surface area contributed by atoms with Crippen molar-refractivity contribution in [3.63, 3.8) is 0 Å². The number of hydrogen-bond donors (Lipinski definition) is 1. The zero-order valence-corrected chi connectivity index (χ0v) is 14.3. The van der Waals surface area contributed by atoms with Gasteiger partial charge in [-0.05, 0) is 43.9 Å². The molecule has 1 N–H and O–H groups in total. The Labute approximate surface area is 133 Å². The summed E-state index contributed by atoms with van der Waals surface area (Å²) in [6, 6.07) is 4.62. The quantitative estimate of drug-likeness (QED) is 0.913. The molecule has 0 amide bonds. The molecular formula is C17H27ClN2O. The molecule has 0 saturated carbocycles. The van der Waals surface area contributed by atoms with Crippen molar-refractivity contribution >= 4 is 17.3 Å². The summed E-state index contributed by atoms with van der Waals surface area (Å²) in [5.41, 5.74) is 2.27.